The van der Waals surface area contributed by atoms with Crippen molar-refractivity contribution in [3.63, 3.8) is 0 Å². The molecule has 0 radical (unpaired) electrons. The van der Waals surface area contributed by atoms with E-state index >= 15 is 0 Å². The number of nitrogens with zero attached hydrogens (tertiary/aromatic N) is 4. The molecule has 0 bridgehead atoms. The second-order valence-corrected chi connectivity index (χ2v) is 3.66. The summed E-state index contributed by atoms with van der Waals surface area (Å²) in [4.78, 5) is 7.73. The maximum absolute atomic E-state index is 13.6. The number of hydrogen-bond acceptors (Lipinski definition) is 4. The van der Waals surface area contributed by atoms with Crippen LogP contribution in [0.4, 0.5) is 20.3 Å². The molecule has 1 heterocycles. The van der Waals surface area contributed by atoms with Crippen molar-refractivity contribution in [1.29, 1.82) is 0 Å². The SMILES string of the molecule is NN=NC(=Nc1cccc(F)c1F)c1cccnc1N. The average molecular weight is 276 g/mol. The zero-order valence-corrected chi connectivity index (χ0v) is 10.2. The normalized spacial score (nSPS) is 12.0. The van der Waals surface area contributed by atoms with E-state index in [-0.39, 0.29) is 17.3 Å². The van der Waals surface area contributed by atoms with Gasteiger partial charge in [0.05, 0.1) is 5.56 Å². The van der Waals surface area contributed by atoms with Crippen LogP contribution in [-0.2, 0) is 0 Å². The molecule has 4 N–H and O–H groups in total. The molecule has 0 saturated heterocycles. The van der Waals surface area contributed by atoms with Gasteiger partial charge in [0, 0.05) is 6.20 Å². The van der Waals surface area contributed by atoms with Crippen molar-refractivity contribution in [2.24, 2.45) is 21.2 Å². The molecule has 0 unspecified atom stereocenters. The summed E-state index contributed by atoms with van der Waals surface area (Å²) in [6, 6.07) is 6.75. The molecule has 8 heteroatoms. The van der Waals surface area contributed by atoms with Crippen molar-refractivity contribution in [2.45, 2.75) is 0 Å². The van der Waals surface area contributed by atoms with Crippen molar-refractivity contribution in [2.75, 3.05) is 5.73 Å². The zero-order valence-electron chi connectivity index (χ0n) is 10.2. The van der Waals surface area contributed by atoms with Gasteiger partial charge in [-0.3, -0.25) is 0 Å². The van der Waals surface area contributed by atoms with Gasteiger partial charge in [-0.2, -0.15) is 0 Å². The number of pyridine rings is 1. The van der Waals surface area contributed by atoms with Gasteiger partial charge in [0.2, 0.25) is 0 Å². The number of aromatic nitrogens is 1. The summed E-state index contributed by atoms with van der Waals surface area (Å²) >= 11 is 0. The molecule has 2 rings (SSSR count). The third-order valence-corrected chi connectivity index (χ3v) is 2.39. The van der Waals surface area contributed by atoms with E-state index in [1.807, 2.05) is 0 Å². The van der Waals surface area contributed by atoms with E-state index in [0.29, 0.717) is 5.56 Å². The molecule has 2 aromatic rings. The fourth-order valence-corrected chi connectivity index (χ4v) is 1.49. The summed E-state index contributed by atoms with van der Waals surface area (Å²) in [5.41, 5.74) is 5.74. The van der Waals surface area contributed by atoms with Gasteiger partial charge in [-0.25, -0.2) is 18.8 Å². The molecule has 0 atom stereocenters. The second-order valence-electron chi connectivity index (χ2n) is 3.66. The quantitative estimate of drug-likeness (QED) is 0.289. The molecule has 0 aliphatic heterocycles. The number of aliphatic imine (C=N–C) groups is 1. The van der Waals surface area contributed by atoms with E-state index in [2.05, 4.69) is 20.3 Å². The lowest BCUT2D eigenvalue weighted by Gasteiger charge is -2.04. The Kier molecular flexibility index (Phi) is 3.94. The Morgan fingerprint density at radius 1 is 1.15 bits per heavy atom. The van der Waals surface area contributed by atoms with Crippen molar-refractivity contribution in [3.05, 3.63) is 53.7 Å². The molecule has 0 aliphatic rings. The molecular weight excluding hydrogens is 266 g/mol. The van der Waals surface area contributed by atoms with Crippen LogP contribution in [-0.4, -0.2) is 10.8 Å². The molecule has 0 fully saturated rings. The van der Waals surface area contributed by atoms with E-state index in [0.717, 1.165) is 6.07 Å². The van der Waals surface area contributed by atoms with E-state index in [4.69, 9.17) is 11.6 Å². The lowest BCUT2D eigenvalue weighted by Crippen LogP contribution is -2.04. The number of rotatable bonds is 2. The van der Waals surface area contributed by atoms with E-state index in [1.54, 1.807) is 12.1 Å². The number of halogens is 2. The van der Waals surface area contributed by atoms with Gasteiger partial charge in [-0.15, -0.1) is 5.11 Å². The molecule has 102 valence electrons. The topological polar surface area (TPSA) is 102 Å². The van der Waals surface area contributed by atoms with Gasteiger partial charge in [-0.1, -0.05) is 11.3 Å². The molecule has 0 amide bonds. The van der Waals surface area contributed by atoms with Gasteiger partial charge >= 0.3 is 0 Å². The Bertz CT molecular complexity index is 683. The van der Waals surface area contributed by atoms with Crippen molar-refractivity contribution >= 4 is 17.3 Å². The molecule has 6 nitrogen and oxygen atoms in total. The lowest BCUT2D eigenvalue weighted by molar-refractivity contribution is 0.510. The zero-order chi connectivity index (χ0) is 14.5. The predicted octanol–water partition coefficient (Wildman–Crippen LogP) is 2.35. The number of benzene rings is 1. The largest absolute Gasteiger partial charge is 0.383 e. The first-order chi connectivity index (χ1) is 9.63. The first kappa shape index (κ1) is 13.5. The predicted molar refractivity (Wildman–Crippen MR) is 70.2 cm³/mol. The third-order valence-electron chi connectivity index (χ3n) is 2.39. The van der Waals surface area contributed by atoms with Crippen molar-refractivity contribution in [3.8, 4) is 0 Å². The molecule has 0 saturated carbocycles. The first-order valence-corrected chi connectivity index (χ1v) is 5.48. The van der Waals surface area contributed by atoms with Crippen LogP contribution in [0.25, 0.3) is 0 Å². The maximum Gasteiger partial charge on any atom is 0.187 e. The van der Waals surface area contributed by atoms with Crippen molar-refractivity contribution < 1.29 is 8.78 Å². The van der Waals surface area contributed by atoms with Gasteiger partial charge in [-0.05, 0) is 24.3 Å². The molecular formula is C12H10F2N6. The molecule has 20 heavy (non-hydrogen) atoms. The van der Waals surface area contributed by atoms with Gasteiger partial charge in [0.1, 0.15) is 11.5 Å². The highest BCUT2D eigenvalue weighted by Gasteiger charge is 2.11. The Morgan fingerprint density at radius 2 is 1.95 bits per heavy atom. The van der Waals surface area contributed by atoms with Crippen LogP contribution in [0.2, 0.25) is 0 Å². The van der Waals surface area contributed by atoms with E-state index < -0.39 is 11.6 Å². The summed E-state index contributed by atoms with van der Waals surface area (Å²) in [6.45, 7) is 0. The number of anilines is 1. The highest BCUT2D eigenvalue weighted by Crippen LogP contribution is 2.22. The van der Waals surface area contributed by atoms with Crippen LogP contribution in [0.15, 0.2) is 51.9 Å². The summed E-state index contributed by atoms with van der Waals surface area (Å²) in [5.74, 6) is 2.92. The fourth-order valence-electron chi connectivity index (χ4n) is 1.49. The summed E-state index contributed by atoms with van der Waals surface area (Å²) in [6.07, 6.45) is 1.47. The highest BCUT2D eigenvalue weighted by molar-refractivity contribution is 6.04. The number of nitrogen functional groups attached to an aromatic ring is 1. The number of hydrogen-bond donors (Lipinski definition) is 2. The van der Waals surface area contributed by atoms with Crippen LogP contribution in [0.5, 0.6) is 0 Å². The Balaban J connectivity index is 2.57. The van der Waals surface area contributed by atoms with Crippen LogP contribution in [0.3, 0.4) is 0 Å². The molecule has 1 aromatic carbocycles. The van der Waals surface area contributed by atoms with E-state index in [9.17, 15) is 8.78 Å². The summed E-state index contributed by atoms with van der Waals surface area (Å²) in [7, 11) is 0. The van der Waals surface area contributed by atoms with E-state index in [1.165, 1.54) is 18.3 Å². The van der Waals surface area contributed by atoms with Crippen LogP contribution in [0, 0.1) is 11.6 Å². The molecule has 0 aliphatic carbocycles. The standard InChI is InChI=1S/C12H10F2N6/c13-8-4-1-5-9(10(8)14)18-12(19-20-16)7-3-2-6-17-11(7)15/h1-6H,(H2,15,17)(H2,16,18,19). The fraction of sp³-hybridized carbons (Fsp3) is 0. The maximum atomic E-state index is 13.6. The Hall–Kier alpha value is -2.90. The lowest BCUT2D eigenvalue weighted by atomic mass is 10.2. The third kappa shape index (κ3) is 2.74. The highest BCUT2D eigenvalue weighted by atomic mass is 19.2. The van der Waals surface area contributed by atoms with Gasteiger partial charge < -0.3 is 11.6 Å². The number of amidine groups is 1. The van der Waals surface area contributed by atoms with Gasteiger partial charge in [0.15, 0.2) is 17.5 Å². The summed E-state index contributed by atoms with van der Waals surface area (Å²) < 4.78 is 26.7. The molecule has 1 aromatic heterocycles. The summed E-state index contributed by atoms with van der Waals surface area (Å²) in [5, 5.41) is 6.66. The average Bonchev–Trinajstić information content (AvgIpc) is 2.44. The first-order valence-electron chi connectivity index (χ1n) is 5.48. The van der Waals surface area contributed by atoms with Crippen molar-refractivity contribution in [1.82, 2.24) is 4.98 Å². The minimum absolute atomic E-state index is 0.0670. The van der Waals surface area contributed by atoms with Crippen LogP contribution >= 0.6 is 0 Å². The monoisotopic (exact) mass is 276 g/mol. The van der Waals surface area contributed by atoms with Gasteiger partial charge in [0.25, 0.3) is 0 Å². The minimum atomic E-state index is -1.10. The van der Waals surface area contributed by atoms with Crippen LogP contribution in [0.1, 0.15) is 5.56 Å². The molecule has 0 spiro atoms. The van der Waals surface area contributed by atoms with Crippen LogP contribution < -0.4 is 11.6 Å². The second kappa shape index (κ2) is 5.83. The minimum Gasteiger partial charge on any atom is -0.383 e. The Morgan fingerprint density at radius 3 is 2.65 bits per heavy atom. The Labute approximate surface area is 112 Å². The smallest absolute Gasteiger partial charge is 0.187 e. The number of nitrogens with two attached hydrogens (primary N) is 2.